The maximum Gasteiger partial charge on any atom is 0.309 e. The highest BCUT2D eigenvalue weighted by atomic mass is 19.1. The van der Waals surface area contributed by atoms with E-state index in [1.807, 2.05) is 0 Å². The maximum absolute atomic E-state index is 13.3. The topological polar surface area (TPSA) is 39.2 Å². The van der Waals surface area contributed by atoms with Crippen molar-refractivity contribution in [1.29, 1.82) is 0 Å². The molecule has 1 heterocycles. The highest BCUT2D eigenvalue weighted by molar-refractivity contribution is 5.74. The van der Waals surface area contributed by atoms with Crippen molar-refractivity contribution >= 4 is 5.97 Å². The van der Waals surface area contributed by atoms with Crippen LogP contribution in [-0.2, 0) is 22.4 Å². The number of aromatic nitrogens is 1. The zero-order valence-electron chi connectivity index (χ0n) is 8.50. The highest BCUT2D eigenvalue weighted by Crippen LogP contribution is 2.28. The van der Waals surface area contributed by atoms with Crippen LogP contribution in [0.5, 0.6) is 0 Å². The molecule has 2 rings (SSSR count). The highest BCUT2D eigenvalue weighted by Gasteiger charge is 2.30. The van der Waals surface area contributed by atoms with Crippen LogP contribution in [0.2, 0.25) is 0 Å². The molecule has 1 aromatic rings. The van der Waals surface area contributed by atoms with Gasteiger partial charge in [-0.15, -0.1) is 0 Å². The molecule has 0 bridgehead atoms. The molecule has 0 aromatic carbocycles. The number of carbonyl (C=O) groups excluding carboxylic acids is 1. The zero-order chi connectivity index (χ0) is 10.8. The van der Waals surface area contributed by atoms with E-state index in [4.69, 9.17) is 4.74 Å². The molecule has 15 heavy (non-hydrogen) atoms. The second kappa shape index (κ2) is 3.96. The van der Waals surface area contributed by atoms with Crippen molar-refractivity contribution in [2.45, 2.75) is 19.8 Å². The minimum absolute atomic E-state index is 0.237. The molecule has 0 radical (unpaired) electrons. The number of nitrogens with zero attached hydrogens (tertiary/aromatic N) is 1. The first-order chi connectivity index (χ1) is 7.22. The number of esters is 1. The van der Waals surface area contributed by atoms with Crippen molar-refractivity contribution in [1.82, 2.24) is 4.98 Å². The molecule has 0 amide bonds. The van der Waals surface area contributed by atoms with Gasteiger partial charge >= 0.3 is 5.97 Å². The summed E-state index contributed by atoms with van der Waals surface area (Å²) in [7, 11) is 0. The standard InChI is InChI=1S/C11H12FNO2/c1-2-15-11(14)7-3-8-5-13-6-10(12)9(8)4-7/h5-7H,2-4H2,1H3. The lowest BCUT2D eigenvalue weighted by molar-refractivity contribution is -0.147. The fourth-order valence-electron chi connectivity index (χ4n) is 1.92. The minimum atomic E-state index is -0.320. The van der Waals surface area contributed by atoms with Gasteiger partial charge in [0.05, 0.1) is 18.7 Å². The zero-order valence-corrected chi connectivity index (χ0v) is 8.50. The monoisotopic (exact) mass is 209 g/mol. The number of rotatable bonds is 2. The minimum Gasteiger partial charge on any atom is -0.466 e. The predicted octanol–water partition coefficient (Wildman–Crippen LogP) is 1.50. The molecule has 1 atom stereocenters. The third-order valence-corrected chi connectivity index (χ3v) is 2.63. The summed E-state index contributed by atoms with van der Waals surface area (Å²) >= 11 is 0. The molecule has 0 saturated heterocycles. The molecule has 80 valence electrons. The van der Waals surface area contributed by atoms with Crippen LogP contribution < -0.4 is 0 Å². The summed E-state index contributed by atoms with van der Waals surface area (Å²) in [4.78, 5) is 15.2. The van der Waals surface area contributed by atoms with Gasteiger partial charge in [0.25, 0.3) is 0 Å². The van der Waals surface area contributed by atoms with Gasteiger partial charge in [-0.1, -0.05) is 0 Å². The van der Waals surface area contributed by atoms with E-state index < -0.39 is 0 Å². The molecule has 3 nitrogen and oxygen atoms in total. The summed E-state index contributed by atoms with van der Waals surface area (Å²) in [6.07, 6.45) is 3.78. The summed E-state index contributed by atoms with van der Waals surface area (Å²) in [6, 6.07) is 0. The van der Waals surface area contributed by atoms with Gasteiger partial charge in [-0.2, -0.15) is 0 Å². The molecule has 0 spiro atoms. The van der Waals surface area contributed by atoms with Crippen LogP contribution >= 0.6 is 0 Å². The normalized spacial score (nSPS) is 18.7. The first-order valence-corrected chi connectivity index (χ1v) is 5.00. The fourth-order valence-corrected chi connectivity index (χ4v) is 1.92. The molecule has 0 aliphatic heterocycles. The van der Waals surface area contributed by atoms with E-state index in [1.54, 1.807) is 13.1 Å². The molecule has 0 saturated carbocycles. The van der Waals surface area contributed by atoms with Gasteiger partial charge in [-0.25, -0.2) is 4.39 Å². The Morgan fingerprint density at radius 3 is 3.07 bits per heavy atom. The van der Waals surface area contributed by atoms with Gasteiger partial charge in [0.15, 0.2) is 0 Å². The van der Waals surface area contributed by atoms with E-state index >= 15 is 0 Å². The van der Waals surface area contributed by atoms with E-state index in [1.165, 1.54) is 6.20 Å². The van der Waals surface area contributed by atoms with Gasteiger partial charge in [-0.05, 0) is 30.9 Å². The summed E-state index contributed by atoms with van der Waals surface area (Å²) in [6.45, 7) is 2.13. The average Bonchev–Trinajstić information content (AvgIpc) is 2.63. The number of hydrogen-bond donors (Lipinski definition) is 0. The van der Waals surface area contributed by atoms with Crippen molar-refractivity contribution in [3.05, 3.63) is 29.3 Å². The average molecular weight is 209 g/mol. The van der Waals surface area contributed by atoms with Crippen LogP contribution in [0.1, 0.15) is 18.1 Å². The van der Waals surface area contributed by atoms with Crippen LogP contribution in [0.4, 0.5) is 4.39 Å². The number of carbonyl (C=O) groups is 1. The van der Waals surface area contributed by atoms with Gasteiger partial charge in [0, 0.05) is 6.20 Å². The van der Waals surface area contributed by atoms with E-state index in [2.05, 4.69) is 4.98 Å². The lowest BCUT2D eigenvalue weighted by atomic mass is 10.1. The molecule has 1 aliphatic carbocycles. The first kappa shape index (κ1) is 10.1. The van der Waals surface area contributed by atoms with E-state index in [9.17, 15) is 9.18 Å². The van der Waals surface area contributed by atoms with E-state index in [0.29, 0.717) is 25.0 Å². The Morgan fingerprint density at radius 1 is 1.60 bits per heavy atom. The molecule has 0 fully saturated rings. The van der Waals surface area contributed by atoms with Gasteiger partial charge in [0.2, 0.25) is 0 Å². The summed E-state index contributed by atoms with van der Waals surface area (Å²) in [5.41, 5.74) is 1.44. The molecule has 4 heteroatoms. The van der Waals surface area contributed by atoms with Gasteiger partial charge in [0.1, 0.15) is 5.82 Å². The summed E-state index contributed by atoms with van der Waals surface area (Å²) in [5.74, 6) is -0.800. The van der Waals surface area contributed by atoms with E-state index in [-0.39, 0.29) is 17.7 Å². The number of hydrogen-bond acceptors (Lipinski definition) is 3. The Kier molecular flexibility index (Phi) is 2.66. The molecule has 1 unspecified atom stereocenters. The largest absolute Gasteiger partial charge is 0.466 e. The van der Waals surface area contributed by atoms with E-state index in [0.717, 1.165) is 5.56 Å². The second-order valence-electron chi connectivity index (χ2n) is 3.62. The SMILES string of the molecule is CCOC(=O)C1Cc2cncc(F)c2C1. The van der Waals surface area contributed by atoms with Gasteiger partial charge in [-0.3, -0.25) is 9.78 Å². The number of pyridine rings is 1. The van der Waals surface area contributed by atoms with Crippen LogP contribution in [0.15, 0.2) is 12.4 Å². The molecular formula is C11H12FNO2. The first-order valence-electron chi connectivity index (χ1n) is 5.00. The smallest absolute Gasteiger partial charge is 0.309 e. The lowest BCUT2D eigenvalue weighted by Crippen LogP contribution is -2.17. The van der Waals surface area contributed by atoms with Crippen molar-refractivity contribution in [2.24, 2.45) is 5.92 Å². The van der Waals surface area contributed by atoms with Crippen molar-refractivity contribution < 1.29 is 13.9 Å². The Balaban J connectivity index is 2.15. The molecule has 0 N–H and O–H groups in total. The lowest BCUT2D eigenvalue weighted by Gasteiger charge is -2.06. The molecule has 1 aliphatic rings. The van der Waals surface area contributed by atoms with Crippen molar-refractivity contribution in [2.75, 3.05) is 6.61 Å². The van der Waals surface area contributed by atoms with Crippen molar-refractivity contribution in [3.8, 4) is 0 Å². The summed E-state index contributed by atoms with van der Waals surface area (Å²) in [5, 5.41) is 0. The van der Waals surface area contributed by atoms with Crippen LogP contribution in [0.3, 0.4) is 0 Å². The Labute approximate surface area is 87.3 Å². The Morgan fingerprint density at radius 2 is 2.40 bits per heavy atom. The summed E-state index contributed by atoms with van der Waals surface area (Å²) < 4.78 is 18.2. The second-order valence-corrected chi connectivity index (χ2v) is 3.62. The van der Waals surface area contributed by atoms with Crippen molar-refractivity contribution in [3.63, 3.8) is 0 Å². The Bertz CT molecular complexity index is 392. The van der Waals surface area contributed by atoms with Crippen LogP contribution in [-0.4, -0.2) is 17.6 Å². The van der Waals surface area contributed by atoms with Crippen LogP contribution in [0.25, 0.3) is 0 Å². The molecular weight excluding hydrogens is 197 g/mol. The fraction of sp³-hybridized carbons (Fsp3) is 0.455. The predicted molar refractivity (Wildman–Crippen MR) is 51.7 cm³/mol. The third kappa shape index (κ3) is 1.84. The maximum atomic E-state index is 13.3. The number of fused-ring (bicyclic) bond motifs is 1. The number of ether oxygens (including phenoxy) is 1. The Hall–Kier alpha value is -1.45. The van der Waals surface area contributed by atoms with Gasteiger partial charge < -0.3 is 4.74 Å². The quantitative estimate of drug-likeness (QED) is 0.693. The molecule has 1 aromatic heterocycles. The van der Waals surface area contributed by atoms with Crippen LogP contribution in [0, 0.1) is 11.7 Å². The third-order valence-electron chi connectivity index (χ3n) is 2.63. The number of halogens is 1.